The van der Waals surface area contributed by atoms with Crippen LogP contribution in [0.25, 0.3) is 0 Å². The zero-order valence-electron chi connectivity index (χ0n) is 16.5. The first-order chi connectivity index (χ1) is 15.2. The fourth-order valence-corrected chi connectivity index (χ4v) is 3.67. The summed E-state index contributed by atoms with van der Waals surface area (Å²) in [6, 6.07) is 6.55. The molecule has 0 amide bonds. The third kappa shape index (κ3) is 3.80. The van der Waals surface area contributed by atoms with Crippen LogP contribution in [-0.2, 0) is 4.74 Å². The number of benzene rings is 2. The highest BCUT2D eigenvalue weighted by Crippen LogP contribution is 2.46. The van der Waals surface area contributed by atoms with Crippen molar-refractivity contribution in [1.29, 1.82) is 0 Å². The Balaban J connectivity index is 1.61. The summed E-state index contributed by atoms with van der Waals surface area (Å²) in [6.45, 7) is -0.653. The predicted molar refractivity (Wildman–Crippen MR) is 105 cm³/mol. The molecule has 0 spiro atoms. The Morgan fingerprint density at radius 1 is 0.969 bits per heavy atom. The third-order valence-corrected chi connectivity index (χ3v) is 5.49. The van der Waals surface area contributed by atoms with Crippen molar-refractivity contribution < 1.29 is 54.8 Å². The van der Waals surface area contributed by atoms with Crippen LogP contribution >= 0.6 is 0 Å². The number of rotatable bonds is 4. The molecule has 7 N–H and O–H groups in total. The molecule has 6 atom stereocenters. The molecule has 11 heteroatoms. The van der Waals surface area contributed by atoms with Crippen LogP contribution in [0.5, 0.6) is 28.7 Å². The van der Waals surface area contributed by atoms with Gasteiger partial charge < -0.3 is 50.0 Å². The molecule has 11 nitrogen and oxygen atoms in total. The van der Waals surface area contributed by atoms with Gasteiger partial charge in [0.2, 0.25) is 12.0 Å². The first kappa shape index (κ1) is 22.1. The van der Waals surface area contributed by atoms with Crippen LogP contribution < -0.4 is 9.47 Å². The number of aliphatic hydroxyl groups excluding tert-OH is 4. The van der Waals surface area contributed by atoms with Crippen molar-refractivity contribution in [2.75, 3.05) is 6.61 Å². The molecule has 0 bridgehead atoms. The van der Waals surface area contributed by atoms with E-state index >= 15 is 0 Å². The Morgan fingerprint density at radius 2 is 1.72 bits per heavy atom. The SMILES string of the molecule is O=C1C[C@H](c2ccc(O)c(O)c2)Oc2c1ccc(O[C@@H]1O[C@H](CO)[C@@H](O)[C@@H](O)[C@H]1O)c2O. The van der Waals surface area contributed by atoms with E-state index in [1.54, 1.807) is 0 Å². The second kappa shape index (κ2) is 8.45. The third-order valence-electron chi connectivity index (χ3n) is 5.49. The number of hydrogen-bond donors (Lipinski definition) is 7. The molecular formula is C21H22O11. The second-order valence-electron chi connectivity index (χ2n) is 7.59. The van der Waals surface area contributed by atoms with Gasteiger partial charge in [-0.1, -0.05) is 6.07 Å². The number of fused-ring (bicyclic) bond motifs is 1. The molecule has 2 aliphatic rings. The van der Waals surface area contributed by atoms with Crippen molar-refractivity contribution in [3.8, 4) is 28.7 Å². The maximum Gasteiger partial charge on any atom is 0.229 e. The lowest BCUT2D eigenvalue weighted by Crippen LogP contribution is -2.60. The molecule has 0 radical (unpaired) electrons. The molecule has 0 unspecified atom stereocenters. The number of Topliss-reactive ketones (excluding diaryl/α,β-unsaturated/α-hetero) is 1. The largest absolute Gasteiger partial charge is 0.504 e. The van der Waals surface area contributed by atoms with Crippen LogP contribution in [0.1, 0.15) is 28.4 Å². The average Bonchev–Trinajstić information content (AvgIpc) is 2.77. The lowest BCUT2D eigenvalue weighted by Gasteiger charge is -2.39. The lowest BCUT2D eigenvalue weighted by atomic mass is 9.95. The molecule has 4 rings (SSSR count). The second-order valence-corrected chi connectivity index (χ2v) is 7.59. The number of hydrogen-bond acceptors (Lipinski definition) is 11. The van der Waals surface area contributed by atoms with Crippen molar-refractivity contribution in [3.05, 3.63) is 41.5 Å². The maximum absolute atomic E-state index is 12.6. The van der Waals surface area contributed by atoms with Crippen LogP contribution in [-0.4, -0.2) is 78.8 Å². The van der Waals surface area contributed by atoms with Crippen LogP contribution in [0.2, 0.25) is 0 Å². The maximum atomic E-state index is 12.6. The van der Waals surface area contributed by atoms with Crippen LogP contribution in [0.3, 0.4) is 0 Å². The van der Waals surface area contributed by atoms with E-state index in [-0.39, 0.29) is 35.0 Å². The fraction of sp³-hybridized carbons (Fsp3) is 0.381. The number of aliphatic hydroxyl groups is 4. The van der Waals surface area contributed by atoms with Crippen molar-refractivity contribution >= 4 is 5.78 Å². The molecule has 2 aromatic carbocycles. The summed E-state index contributed by atoms with van der Waals surface area (Å²) >= 11 is 0. The van der Waals surface area contributed by atoms with Crippen molar-refractivity contribution in [2.45, 2.75) is 43.2 Å². The monoisotopic (exact) mass is 450 g/mol. The van der Waals surface area contributed by atoms with Gasteiger partial charge in [-0.3, -0.25) is 4.79 Å². The molecule has 32 heavy (non-hydrogen) atoms. The van der Waals surface area contributed by atoms with Gasteiger partial charge in [0.05, 0.1) is 18.6 Å². The van der Waals surface area contributed by atoms with Crippen molar-refractivity contribution in [3.63, 3.8) is 0 Å². The highest BCUT2D eigenvalue weighted by atomic mass is 16.7. The van der Waals surface area contributed by atoms with Crippen molar-refractivity contribution in [2.24, 2.45) is 0 Å². The van der Waals surface area contributed by atoms with E-state index in [2.05, 4.69) is 0 Å². The van der Waals surface area contributed by atoms with E-state index in [1.807, 2.05) is 0 Å². The summed E-state index contributed by atoms with van der Waals surface area (Å²) < 4.78 is 16.5. The molecule has 172 valence electrons. The predicted octanol–water partition coefficient (Wildman–Crippen LogP) is -0.311. The Kier molecular flexibility index (Phi) is 5.84. The molecule has 1 fully saturated rings. The molecule has 2 aromatic rings. The highest BCUT2D eigenvalue weighted by molar-refractivity contribution is 6.01. The quantitative estimate of drug-likeness (QED) is 0.303. The van der Waals surface area contributed by atoms with E-state index in [9.17, 15) is 40.5 Å². The molecule has 1 saturated heterocycles. The number of ketones is 1. The van der Waals surface area contributed by atoms with Crippen LogP contribution in [0.4, 0.5) is 0 Å². The van der Waals surface area contributed by atoms with Gasteiger partial charge in [0.15, 0.2) is 28.8 Å². The number of phenols is 3. The number of carbonyl (C=O) groups is 1. The summed E-state index contributed by atoms with van der Waals surface area (Å²) in [6.07, 6.45) is -8.64. The molecule has 2 aliphatic heterocycles. The lowest BCUT2D eigenvalue weighted by molar-refractivity contribution is -0.277. The summed E-state index contributed by atoms with van der Waals surface area (Å²) in [5, 5.41) is 69.1. The number of carbonyl (C=O) groups excluding carboxylic acids is 1. The normalized spacial score (nSPS) is 29.8. The Labute approximate surface area is 181 Å². The Bertz CT molecular complexity index is 1020. The molecule has 0 aromatic heterocycles. The van der Waals surface area contributed by atoms with E-state index in [4.69, 9.17) is 14.2 Å². The van der Waals surface area contributed by atoms with E-state index in [1.165, 1.54) is 30.3 Å². The van der Waals surface area contributed by atoms with E-state index in [0.29, 0.717) is 5.56 Å². The Hall–Kier alpha value is -3.09. The first-order valence-corrected chi connectivity index (χ1v) is 9.76. The van der Waals surface area contributed by atoms with Crippen LogP contribution in [0, 0.1) is 0 Å². The number of aromatic hydroxyl groups is 3. The summed E-state index contributed by atoms with van der Waals surface area (Å²) in [4.78, 5) is 12.6. The van der Waals surface area contributed by atoms with Gasteiger partial charge in [-0.2, -0.15) is 0 Å². The minimum Gasteiger partial charge on any atom is -0.504 e. The number of ether oxygens (including phenoxy) is 3. The molecule has 0 aliphatic carbocycles. The van der Waals surface area contributed by atoms with Gasteiger partial charge in [-0.25, -0.2) is 0 Å². The van der Waals surface area contributed by atoms with E-state index < -0.39 is 54.9 Å². The van der Waals surface area contributed by atoms with Gasteiger partial charge in [0.1, 0.15) is 30.5 Å². The van der Waals surface area contributed by atoms with Crippen LogP contribution in [0.15, 0.2) is 30.3 Å². The first-order valence-electron chi connectivity index (χ1n) is 9.76. The summed E-state index contributed by atoms with van der Waals surface area (Å²) in [5.74, 6) is -2.09. The zero-order chi connectivity index (χ0) is 23.2. The molecule has 0 saturated carbocycles. The van der Waals surface area contributed by atoms with Crippen molar-refractivity contribution in [1.82, 2.24) is 0 Å². The fourth-order valence-electron chi connectivity index (χ4n) is 3.67. The van der Waals surface area contributed by atoms with Gasteiger partial charge >= 0.3 is 0 Å². The van der Waals surface area contributed by atoms with Gasteiger partial charge in [-0.15, -0.1) is 0 Å². The average molecular weight is 450 g/mol. The molecule has 2 heterocycles. The van der Waals surface area contributed by atoms with Gasteiger partial charge in [0.25, 0.3) is 0 Å². The number of phenolic OH excluding ortho intramolecular Hbond substituents is 3. The minimum atomic E-state index is -1.70. The Morgan fingerprint density at radius 3 is 2.41 bits per heavy atom. The smallest absolute Gasteiger partial charge is 0.229 e. The highest BCUT2D eigenvalue weighted by Gasteiger charge is 2.45. The molecular weight excluding hydrogens is 428 g/mol. The summed E-state index contributed by atoms with van der Waals surface area (Å²) in [5.41, 5.74) is 0.474. The summed E-state index contributed by atoms with van der Waals surface area (Å²) in [7, 11) is 0. The zero-order valence-corrected chi connectivity index (χ0v) is 16.5. The van der Waals surface area contributed by atoms with Gasteiger partial charge in [0, 0.05) is 0 Å². The van der Waals surface area contributed by atoms with E-state index in [0.717, 1.165) is 0 Å². The van der Waals surface area contributed by atoms with Gasteiger partial charge in [-0.05, 0) is 29.8 Å². The minimum absolute atomic E-state index is 0.0798. The topological polar surface area (TPSA) is 186 Å². The standard InChI is InChI=1S/C21H22O11/c22-7-15-16(26)18(28)19(29)21(32-15)31-13-4-2-9-11(24)6-14(30-20(9)17(13)27)8-1-3-10(23)12(25)5-8/h1-5,14-16,18-19,21-23,25-29H,6-7H2/t14-,15-,16-,18-,19-,21-/m1/s1.